The fraction of sp³-hybridized carbons (Fsp3) is 0.429. The Hall–Kier alpha value is -0.970. The molecule has 0 amide bonds. The van der Waals surface area contributed by atoms with Gasteiger partial charge in [0.25, 0.3) is 0 Å². The van der Waals surface area contributed by atoms with E-state index in [1.165, 1.54) is 11.8 Å². The van der Waals surface area contributed by atoms with Gasteiger partial charge in [0.2, 0.25) is 0 Å². The van der Waals surface area contributed by atoms with Crippen molar-refractivity contribution in [3.05, 3.63) is 11.8 Å². The first kappa shape index (κ1) is 9.12. The van der Waals surface area contributed by atoms with Gasteiger partial charge in [-0.15, -0.1) is 11.8 Å². The van der Waals surface area contributed by atoms with E-state index in [-0.39, 0.29) is 5.97 Å². The lowest BCUT2D eigenvalue weighted by Gasteiger charge is -1.95. The molecule has 66 valence electrons. The van der Waals surface area contributed by atoms with Crippen molar-refractivity contribution in [3.63, 3.8) is 0 Å². The zero-order valence-electron chi connectivity index (χ0n) is 6.96. The van der Waals surface area contributed by atoms with Gasteiger partial charge in [0.05, 0.1) is 6.61 Å². The van der Waals surface area contributed by atoms with Crippen LogP contribution in [0.1, 0.15) is 17.4 Å². The van der Waals surface area contributed by atoms with E-state index in [1.54, 1.807) is 13.0 Å². The van der Waals surface area contributed by atoms with Crippen LogP contribution in [-0.4, -0.2) is 29.0 Å². The summed E-state index contributed by atoms with van der Waals surface area (Å²) in [6, 6.07) is 1.67. The lowest BCUT2D eigenvalue weighted by atomic mass is 10.4. The molecule has 0 unspecified atom stereocenters. The first-order valence-corrected chi connectivity index (χ1v) is 4.77. The molecule has 0 radical (unpaired) electrons. The van der Waals surface area contributed by atoms with Crippen molar-refractivity contribution in [3.8, 4) is 0 Å². The van der Waals surface area contributed by atoms with Gasteiger partial charge in [-0.05, 0) is 13.2 Å². The van der Waals surface area contributed by atoms with Crippen LogP contribution in [0.15, 0.2) is 11.1 Å². The van der Waals surface area contributed by atoms with Crippen LogP contribution >= 0.6 is 11.8 Å². The van der Waals surface area contributed by atoms with Crippen molar-refractivity contribution in [2.24, 2.45) is 0 Å². The predicted molar refractivity (Wildman–Crippen MR) is 46.3 cm³/mol. The number of carbonyl (C=O) groups is 1. The van der Waals surface area contributed by atoms with Gasteiger partial charge in [-0.25, -0.2) is 4.79 Å². The summed E-state index contributed by atoms with van der Waals surface area (Å²) in [5.41, 5.74) is 0.404. The van der Waals surface area contributed by atoms with E-state index in [0.717, 1.165) is 5.03 Å². The number of esters is 1. The molecule has 0 saturated carbocycles. The highest BCUT2D eigenvalue weighted by Crippen LogP contribution is 2.12. The zero-order valence-corrected chi connectivity index (χ0v) is 7.77. The maximum Gasteiger partial charge on any atom is 0.356 e. The Bertz CT molecular complexity index is 272. The fourth-order valence-electron chi connectivity index (χ4n) is 0.721. The summed E-state index contributed by atoms with van der Waals surface area (Å²) in [6.45, 7) is 2.15. The van der Waals surface area contributed by atoms with E-state index < -0.39 is 0 Å². The highest BCUT2D eigenvalue weighted by molar-refractivity contribution is 7.98. The molecule has 5 heteroatoms. The third kappa shape index (κ3) is 2.01. The molecule has 1 aromatic rings. The van der Waals surface area contributed by atoms with Crippen molar-refractivity contribution >= 4 is 17.7 Å². The average molecular weight is 186 g/mol. The van der Waals surface area contributed by atoms with Crippen molar-refractivity contribution < 1.29 is 9.53 Å². The minimum absolute atomic E-state index is 0.356. The van der Waals surface area contributed by atoms with Crippen LogP contribution in [0.25, 0.3) is 0 Å². The molecular weight excluding hydrogens is 176 g/mol. The van der Waals surface area contributed by atoms with Gasteiger partial charge >= 0.3 is 5.97 Å². The van der Waals surface area contributed by atoms with E-state index >= 15 is 0 Å². The number of hydrogen-bond acceptors (Lipinski definition) is 4. The van der Waals surface area contributed by atoms with Gasteiger partial charge in [0.1, 0.15) is 10.7 Å². The third-order valence-corrected chi connectivity index (χ3v) is 1.89. The number of hydrogen-bond donors (Lipinski definition) is 1. The molecule has 1 heterocycles. The van der Waals surface area contributed by atoms with Gasteiger partial charge in [-0.1, -0.05) is 0 Å². The number of H-pyrrole nitrogens is 1. The number of thioether (sulfide) groups is 1. The smallest absolute Gasteiger partial charge is 0.356 e. The first-order chi connectivity index (χ1) is 5.77. The molecule has 1 aromatic heterocycles. The highest BCUT2D eigenvalue weighted by atomic mass is 32.2. The number of aromatic amines is 1. The summed E-state index contributed by atoms with van der Waals surface area (Å²) in [7, 11) is 0. The maximum atomic E-state index is 11.1. The average Bonchev–Trinajstić information content (AvgIpc) is 2.52. The predicted octanol–water partition coefficient (Wildman–Crippen LogP) is 1.31. The summed E-state index contributed by atoms with van der Waals surface area (Å²) in [5.74, 6) is -0.356. The highest BCUT2D eigenvalue weighted by Gasteiger charge is 2.09. The van der Waals surface area contributed by atoms with Crippen molar-refractivity contribution in [2.75, 3.05) is 12.9 Å². The maximum absolute atomic E-state index is 11.1. The molecule has 0 atom stereocenters. The summed E-state index contributed by atoms with van der Waals surface area (Å²) < 4.78 is 4.77. The number of carbonyl (C=O) groups excluding carboxylic acids is 1. The molecule has 1 rings (SSSR count). The first-order valence-electron chi connectivity index (χ1n) is 3.54. The number of ether oxygens (including phenoxy) is 1. The standard InChI is InChI=1S/C7H10N2O2S/c1-3-11-7(10)5-4-6(12-2)9-8-5/h4H,3H2,1-2H3,(H,8,9). The van der Waals surface area contributed by atoms with Crippen molar-refractivity contribution in [2.45, 2.75) is 11.9 Å². The van der Waals surface area contributed by atoms with Gasteiger partial charge in [0.15, 0.2) is 0 Å². The molecule has 0 saturated heterocycles. The molecule has 0 aliphatic rings. The minimum atomic E-state index is -0.356. The Morgan fingerprint density at radius 2 is 2.58 bits per heavy atom. The van der Waals surface area contributed by atoms with E-state index in [1.807, 2.05) is 6.26 Å². The second-order valence-electron chi connectivity index (χ2n) is 2.04. The second kappa shape index (κ2) is 4.15. The SMILES string of the molecule is CCOC(=O)c1cc(SC)n[nH]1. The molecule has 0 fully saturated rings. The van der Waals surface area contributed by atoms with Gasteiger partial charge in [-0.3, -0.25) is 5.10 Å². The molecule has 0 spiro atoms. The molecule has 0 aromatic carbocycles. The molecule has 0 aliphatic carbocycles. The Morgan fingerprint density at radius 3 is 3.08 bits per heavy atom. The van der Waals surface area contributed by atoms with Crippen molar-refractivity contribution in [1.82, 2.24) is 10.2 Å². The van der Waals surface area contributed by atoms with E-state index in [4.69, 9.17) is 4.74 Å². The van der Waals surface area contributed by atoms with Crippen molar-refractivity contribution in [1.29, 1.82) is 0 Å². The summed E-state index contributed by atoms with van der Waals surface area (Å²) in [6.07, 6.45) is 1.89. The molecule has 0 aliphatic heterocycles. The summed E-state index contributed by atoms with van der Waals surface area (Å²) in [5, 5.41) is 7.26. The van der Waals surface area contributed by atoms with E-state index in [9.17, 15) is 4.79 Å². The molecule has 0 bridgehead atoms. The minimum Gasteiger partial charge on any atom is -0.461 e. The second-order valence-corrected chi connectivity index (χ2v) is 2.87. The third-order valence-electron chi connectivity index (χ3n) is 1.26. The normalized spacial score (nSPS) is 9.83. The largest absolute Gasteiger partial charge is 0.461 e. The Kier molecular flexibility index (Phi) is 3.16. The summed E-state index contributed by atoms with van der Waals surface area (Å²) >= 11 is 1.47. The molecule has 12 heavy (non-hydrogen) atoms. The van der Waals surface area contributed by atoms with Crippen LogP contribution in [0.2, 0.25) is 0 Å². The Balaban J connectivity index is 2.68. The van der Waals surface area contributed by atoms with Crippen LogP contribution in [-0.2, 0) is 4.74 Å². The van der Waals surface area contributed by atoms with Crippen LogP contribution in [0.4, 0.5) is 0 Å². The number of nitrogens with one attached hydrogen (secondary N) is 1. The van der Waals surface area contributed by atoms with Gasteiger partial charge in [-0.2, -0.15) is 5.10 Å². The number of nitrogens with zero attached hydrogens (tertiary/aromatic N) is 1. The number of rotatable bonds is 3. The topological polar surface area (TPSA) is 55.0 Å². The Labute approximate surface area is 74.7 Å². The molecule has 1 N–H and O–H groups in total. The van der Waals surface area contributed by atoms with Crippen LogP contribution in [0.5, 0.6) is 0 Å². The molecule has 4 nitrogen and oxygen atoms in total. The van der Waals surface area contributed by atoms with E-state index in [0.29, 0.717) is 12.3 Å². The zero-order chi connectivity index (χ0) is 8.97. The lowest BCUT2D eigenvalue weighted by Crippen LogP contribution is -2.04. The van der Waals surface area contributed by atoms with Crippen LogP contribution in [0.3, 0.4) is 0 Å². The molecular formula is C7H10N2O2S. The van der Waals surface area contributed by atoms with E-state index in [2.05, 4.69) is 10.2 Å². The summed E-state index contributed by atoms with van der Waals surface area (Å²) in [4.78, 5) is 11.1. The fourth-order valence-corrected chi connectivity index (χ4v) is 1.09. The monoisotopic (exact) mass is 186 g/mol. The Morgan fingerprint density at radius 1 is 1.83 bits per heavy atom. The van der Waals surface area contributed by atoms with Crippen LogP contribution in [0, 0.1) is 0 Å². The number of aromatic nitrogens is 2. The van der Waals surface area contributed by atoms with Crippen LogP contribution < -0.4 is 0 Å². The van der Waals surface area contributed by atoms with Gasteiger partial charge in [0, 0.05) is 6.07 Å². The quantitative estimate of drug-likeness (QED) is 0.571. The lowest BCUT2D eigenvalue weighted by molar-refractivity contribution is 0.0519. The van der Waals surface area contributed by atoms with Gasteiger partial charge < -0.3 is 4.74 Å².